The SMILES string of the molecule is CC[C@H](C)[C@@H]([C@@H](CC(=O)N1CCC[C@H]1[C@H](OC)[C@@H](C)C(=O)N(C)C(CC#N)Cc1cccc(N)c1)OC)N(C)C(=O)[C@@H](NC(=O)[C@@H]1C[C@@H](F)CCN1C)C(C)C. The molecular formula is C42H68FN7O6. The molecule has 1 unspecified atom stereocenters. The van der Waals surface area contributed by atoms with Crippen molar-refractivity contribution in [2.75, 3.05) is 54.2 Å². The van der Waals surface area contributed by atoms with Gasteiger partial charge in [0.1, 0.15) is 12.2 Å². The maximum absolute atomic E-state index is 14.3. The minimum Gasteiger partial charge on any atom is -0.399 e. The van der Waals surface area contributed by atoms with E-state index in [0.29, 0.717) is 44.5 Å². The van der Waals surface area contributed by atoms with Gasteiger partial charge in [-0.2, -0.15) is 5.26 Å². The van der Waals surface area contributed by atoms with Gasteiger partial charge in [0.15, 0.2) is 0 Å². The van der Waals surface area contributed by atoms with E-state index >= 15 is 0 Å². The number of anilines is 1. The lowest BCUT2D eigenvalue weighted by Crippen LogP contribution is -2.60. The number of hydrogen-bond acceptors (Lipinski definition) is 9. The van der Waals surface area contributed by atoms with Crippen LogP contribution in [0.25, 0.3) is 0 Å². The second-order valence-corrected chi connectivity index (χ2v) is 16.4. The van der Waals surface area contributed by atoms with Gasteiger partial charge < -0.3 is 35.2 Å². The Bertz CT molecular complexity index is 1510. The summed E-state index contributed by atoms with van der Waals surface area (Å²) >= 11 is 0. The normalized spacial score (nSPS) is 22.6. The highest BCUT2D eigenvalue weighted by Crippen LogP contribution is 2.31. The highest BCUT2D eigenvalue weighted by Gasteiger charge is 2.44. The van der Waals surface area contributed by atoms with Crippen LogP contribution in [0.15, 0.2) is 24.3 Å². The molecule has 2 saturated heterocycles. The summed E-state index contributed by atoms with van der Waals surface area (Å²) in [6.45, 7) is 10.5. The summed E-state index contributed by atoms with van der Waals surface area (Å²) in [5, 5.41) is 12.5. The van der Waals surface area contributed by atoms with Gasteiger partial charge in [0, 0.05) is 59.6 Å². The Morgan fingerprint density at radius 1 is 1.05 bits per heavy atom. The molecule has 0 radical (unpaired) electrons. The summed E-state index contributed by atoms with van der Waals surface area (Å²) in [4.78, 5) is 62.8. The van der Waals surface area contributed by atoms with Crippen LogP contribution in [0.5, 0.6) is 0 Å². The molecule has 13 nitrogen and oxygen atoms in total. The molecule has 0 aliphatic carbocycles. The van der Waals surface area contributed by atoms with Crippen LogP contribution in [0.2, 0.25) is 0 Å². The van der Waals surface area contributed by atoms with Gasteiger partial charge in [-0.3, -0.25) is 24.1 Å². The fourth-order valence-electron chi connectivity index (χ4n) is 8.57. The van der Waals surface area contributed by atoms with Crippen molar-refractivity contribution < 1.29 is 33.0 Å². The van der Waals surface area contributed by atoms with E-state index < -0.39 is 42.4 Å². The van der Waals surface area contributed by atoms with Crippen LogP contribution in [0.4, 0.5) is 10.1 Å². The summed E-state index contributed by atoms with van der Waals surface area (Å²) in [6.07, 6.45) is 0.801. The molecule has 314 valence electrons. The Morgan fingerprint density at radius 3 is 2.34 bits per heavy atom. The molecule has 2 fully saturated rings. The number of halogens is 1. The van der Waals surface area contributed by atoms with Crippen molar-refractivity contribution >= 4 is 29.3 Å². The first-order chi connectivity index (χ1) is 26.5. The van der Waals surface area contributed by atoms with Crippen molar-refractivity contribution in [2.45, 2.75) is 135 Å². The predicted octanol–water partition coefficient (Wildman–Crippen LogP) is 4.05. The van der Waals surface area contributed by atoms with E-state index in [0.717, 1.165) is 12.0 Å². The largest absolute Gasteiger partial charge is 0.399 e. The van der Waals surface area contributed by atoms with Gasteiger partial charge in [-0.15, -0.1) is 0 Å². The Kier molecular flexibility index (Phi) is 18.0. The number of nitriles is 1. The van der Waals surface area contributed by atoms with E-state index in [2.05, 4.69) is 11.4 Å². The number of nitrogens with one attached hydrogen (secondary N) is 1. The van der Waals surface area contributed by atoms with Gasteiger partial charge in [0.05, 0.1) is 55.2 Å². The van der Waals surface area contributed by atoms with E-state index in [-0.39, 0.29) is 66.8 Å². The monoisotopic (exact) mass is 786 g/mol. The molecule has 2 heterocycles. The number of methoxy groups -OCH3 is 2. The number of hydrogen-bond donors (Lipinski definition) is 2. The molecule has 14 heteroatoms. The number of ether oxygens (including phenoxy) is 2. The zero-order chi connectivity index (χ0) is 41.9. The summed E-state index contributed by atoms with van der Waals surface area (Å²) in [5.41, 5.74) is 7.53. The number of likely N-dealkylation sites (N-methyl/N-ethyl adjacent to an activating group) is 3. The second kappa shape index (κ2) is 21.6. The molecule has 3 rings (SSSR count). The molecular weight excluding hydrogens is 718 g/mol. The molecule has 4 amide bonds. The van der Waals surface area contributed by atoms with Crippen molar-refractivity contribution in [3.05, 3.63) is 29.8 Å². The summed E-state index contributed by atoms with van der Waals surface area (Å²) in [7, 11) is 8.28. The first-order valence-corrected chi connectivity index (χ1v) is 20.2. The van der Waals surface area contributed by atoms with Crippen LogP contribution >= 0.6 is 0 Å². The van der Waals surface area contributed by atoms with Crippen LogP contribution < -0.4 is 11.1 Å². The quantitative estimate of drug-likeness (QED) is 0.197. The lowest BCUT2D eigenvalue weighted by Gasteiger charge is -2.41. The molecule has 1 aromatic rings. The molecule has 3 N–H and O–H groups in total. The molecule has 2 aliphatic rings. The van der Waals surface area contributed by atoms with E-state index in [1.165, 1.54) is 7.11 Å². The topological polar surface area (TPSA) is 162 Å². The zero-order valence-electron chi connectivity index (χ0n) is 35.4. The number of likely N-dealkylation sites (tertiary alicyclic amines) is 2. The minimum atomic E-state index is -1.07. The summed E-state index contributed by atoms with van der Waals surface area (Å²) < 4.78 is 26.3. The van der Waals surface area contributed by atoms with Crippen molar-refractivity contribution in [3.63, 3.8) is 0 Å². The maximum Gasteiger partial charge on any atom is 0.245 e. The number of piperidine rings is 1. The Labute approximate surface area is 334 Å². The third-order valence-electron chi connectivity index (χ3n) is 12.2. The van der Waals surface area contributed by atoms with Gasteiger partial charge in [0.25, 0.3) is 0 Å². The number of nitrogens with two attached hydrogens (primary N) is 1. The van der Waals surface area contributed by atoms with E-state index in [1.807, 2.05) is 57.7 Å². The average Bonchev–Trinajstić information content (AvgIpc) is 3.66. The standard InChI is InChI=1S/C42H68FN7O6/c1-11-27(4)38(49(8)42(54)37(26(2)3)46-40(52)34-24-30(43)18-21-47(34)6)35(55-9)25-36(51)50-20-13-16-33(50)39(56-10)28(5)41(53)48(7)32(17-19-44)23-29-14-12-15-31(45)22-29/h12,14-15,22,26-28,30,32-35,37-39H,11,13,16-18,20-21,23-25,45H2,1-10H3,(H,46,52)/t27-,28+,30-,32?,33-,34-,35+,37-,38-,39+/m0/s1. The Balaban J connectivity index is 1.78. The number of nitrogen functional groups attached to an aromatic ring is 1. The molecule has 10 atom stereocenters. The minimum absolute atomic E-state index is 0.00774. The summed E-state index contributed by atoms with van der Waals surface area (Å²) in [6, 6.07) is 6.86. The van der Waals surface area contributed by atoms with E-state index in [1.54, 1.807) is 49.0 Å². The van der Waals surface area contributed by atoms with Gasteiger partial charge in [-0.05, 0) is 62.3 Å². The van der Waals surface area contributed by atoms with Crippen LogP contribution in [0, 0.1) is 29.1 Å². The first-order valence-electron chi connectivity index (χ1n) is 20.2. The van der Waals surface area contributed by atoms with Crippen LogP contribution in [-0.2, 0) is 35.1 Å². The lowest BCUT2D eigenvalue weighted by atomic mass is 9.89. The molecule has 2 aliphatic heterocycles. The number of carbonyl (C=O) groups is 4. The smallest absolute Gasteiger partial charge is 0.245 e. The number of nitrogens with zero attached hydrogens (tertiary/aromatic N) is 5. The Hall–Kier alpha value is -3.80. The highest BCUT2D eigenvalue weighted by atomic mass is 19.1. The third-order valence-corrected chi connectivity index (χ3v) is 12.2. The van der Waals surface area contributed by atoms with Crippen LogP contribution in [0.1, 0.15) is 85.1 Å². The lowest BCUT2D eigenvalue weighted by molar-refractivity contribution is -0.149. The van der Waals surface area contributed by atoms with Crippen LogP contribution in [-0.4, -0.2) is 140 Å². The van der Waals surface area contributed by atoms with Gasteiger partial charge >= 0.3 is 0 Å². The third kappa shape index (κ3) is 11.6. The summed E-state index contributed by atoms with van der Waals surface area (Å²) in [5.74, 6) is -1.96. The van der Waals surface area contributed by atoms with E-state index in [9.17, 15) is 28.8 Å². The predicted molar refractivity (Wildman–Crippen MR) is 215 cm³/mol. The van der Waals surface area contributed by atoms with E-state index in [4.69, 9.17) is 15.2 Å². The molecule has 0 aromatic heterocycles. The first kappa shape index (κ1) is 46.6. The van der Waals surface area contributed by atoms with Gasteiger partial charge in [-0.1, -0.05) is 53.2 Å². The van der Waals surface area contributed by atoms with Crippen molar-refractivity contribution in [3.8, 4) is 6.07 Å². The molecule has 56 heavy (non-hydrogen) atoms. The van der Waals surface area contributed by atoms with Crippen molar-refractivity contribution in [1.82, 2.24) is 24.9 Å². The average molecular weight is 786 g/mol. The Morgan fingerprint density at radius 2 is 1.75 bits per heavy atom. The molecule has 1 aromatic carbocycles. The van der Waals surface area contributed by atoms with Crippen molar-refractivity contribution in [1.29, 1.82) is 5.26 Å². The fourth-order valence-corrected chi connectivity index (χ4v) is 8.57. The number of rotatable bonds is 19. The fraction of sp³-hybridized carbons (Fsp3) is 0.738. The molecule has 0 bridgehead atoms. The van der Waals surface area contributed by atoms with Crippen LogP contribution in [0.3, 0.4) is 0 Å². The van der Waals surface area contributed by atoms with Gasteiger partial charge in [0.2, 0.25) is 23.6 Å². The number of amides is 4. The maximum atomic E-state index is 14.3. The highest BCUT2D eigenvalue weighted by molar-refractivity contribution is 5.90. The molecule has 0 saturated carbocycles. The van der Waals surface area contributed by atoms with Gasteiger partial charge in [-0.25, -0.2) is 4.39 Å². The zero-order valence-corrected chi connectivity index (χ0v) is 35.4. The van der Waals surface area contributed by atoms with Crippen molar-refractivity contribution in [2.24, 2.45) is 17.8 Å². The molecule has 0 spiro atoms. The second-order valence-electron chi connectivity index (χ2n) is 16.4. The number of alkyl halides is 1. The number of carbonyl (C=O) groups excluding carboxylic acids is 4. The number of benzene rings is 1.